The van der Waals surface area contributed by atoms with E-state index < -0.39 is 41.8 Å². The van der Waals surface area contributed by atoms with Crippen molar-refractivity contribution in [3.63, 3.8) is 0 Å². The highest BCUT2D eigenvalue weighted by atomic mass is 16.3. The highest BCUT2D eigenvalue weighted by Crippen LogP contribution is 2.17. The fourth-order valence-corrected chi connectivity index (χ4v) is 4.02. The molecule has 14 heteroatoms. The summed E-state index contributed by atoms with van der Waals surface area (Å²) in [6.45, 7) is 0.0465. The molecule has 1 heterocycles. The van der Waals surface area contributed by atoms with Gasteiger partial charge in [0, 0.05) is 13.1 Å². The molecule has 0 bridgehead atoms. The van der Waals surface area contributed by atoms with E-state index >= 15 is 0 Å². The SMILES string of the molecule is NC(N)=NCCC[C@H](NC(=O)[C@@H](N)Cc1ccc(O)cc1)C(=O)NCC(=O)N1CCC[C@H]1C(=O)NCC=O. The smallest absolute Gasteiger partial charge is 0.243 e. The molecule has 3 atom stereocenters. The Hall–Kier alpha value is -4.20. The molecule has 10 N–H and O–H groups in total. The molecule has 0 aromatic heterocycles. The maximum absolute atomic E-state index is 12.9. The maximum atomic E-state index is 12.9. The lowest BCUT2D eigenvalue weighted by atomic mass is 10.0. The van der Waals surface area contributed by atoms with Crippen LogP contribution in [0.4, 0.5) is 0 Å². The van der Waals surface area contributed by atoms with Gasteiger partial charge in [0.05, 0.1) is 19.1 Å². The predicted molar refractivity (Wildman–Crippen MR) is 138 cm³/mol. The largest absolute Gasteiger partial charge is 0.508 e. The summed E-state index contributed by atoms with van der Waals surface area (Å²) in [5, 5.41) is 17.0. The fourth-order valence-electron chi connectivity index (χ4n) is 4.02. The van der Waals surface area contributed by atoms with E-state index in [-0.39, 0.29) is 44.2 Å². The fraction of sp³-hybridized carbons (Fsp3) is 0.500. The lowest BCUT2D eigenvalue weighted by molar-refractivity contribution is -0.139. The molecular formula is C24H36N8O6. The van der Waals surface area contributed by atoms with E-state index in [1.54, 1.807) is 12.1 Å². The highest BCUT2D eigenvalue weighted by molar-refractivity contribution is 5.93. The second-order valence-electron chi connectivity index (χ2n) is 8.86. The zero-order valence-electron chi connectivity index (χ0n) is 21.1. The first-order valence-electron chi connectivity index (χ1n) is 12.3. The molecule has 0 saturated carbocycles. The van der Waals surface area contributed by atoms with E-state index in [2.05, 4.69) is 20.9 Å². The van der Waals surface area contributed by atoms with Crippen molar-refractivity contribution in [2.75, 3.05) is 26.2 Å². The first-order chi connectivity index (χ1) is 18.1. The van der Waals surface area contributed by atoms with Gasteiger partial charge in [-0.1, -0.05) is 12.1 Å². The number of hydrogen-bond donors (Lipinski definition) is 7. The number of hydrogen-bond acceptors (Lipinski definition) is 8. The Morgan fingerprint density at radius 1 is 1.13 bits per heavy atom. The summed E-state index contributed by atoms with van der Waals surface area (Å²) in [7, 11) is 0. The molecule has 1 aromatic carbocycles. The number of carbonyl (C=O) groups is 5. The van der Waals surface area contributed by atoms with E-state index in [1.165, 1.54) is 17.0 Å². The van der Waals surface area contributed by atoms with Crippen LogP contribution in [-0.2, 0) is 30.4 Å². The molecule has 0 unspecified atom stereocenters. The summed E-state index contributed by atoms with van der Waals surface area (Å²) in [5.41, 5.74) is 17.4. The topological polar surface area (TPSA) is 235 Å². The van der Waals surface area contributed by atoms with Crippen molar-refractivity contribution in [2.45, 2.75) is 50.2 Å². The minimum Gasteiger partial charge on any atom is -0.508 e. The Kier molecular flexibility index (Phi) is 12.0. The van der Waals surface area contributed by atoms with Gasteiger partial charge in [0.2, 0.25) is 23.6 Å². The number of amides is 4. The third-order valence-corrected chi connectivity index (χ3v) is 5.96. The van der Waals surface area contributed by atoms with E-state index in [4.69, 9.17) is 17.2 Å². The predicted octanol–water partition coefficient (Wildman–Crippen LogP) is -2.78. The molecule has 1 aromatic rings. The second kappa shape index (κ2) is 15.1. The van der Waals surface area contributed by atoms with Crippen molar-refractivity contribution in [1.82, 2.24) is 20.9 Å². The van der Waals surface area contributed by atoms with Gasteiger partial charge >= 0.3 is 0 Å². The number of nitrogens with one attached hydrogen (secondary N) is 3. The summed E-state index contributed by atoms with van der Waals surface area (Å²) in [5.74, 6) is -2.08. The molecule has 4 amide bonds. The Balaban J connectivity index is 1.98. The van der Waals surface area contributed by atoms with Crippen LogP contribution in [0.2, 0.25) is 0 Å². The van der Waals surface area contributed by atoms with Gasteiger partial charge in [0.15, 0.2) is 5.96 Å². The number of aliphatic imine (C=N–C) groups is 1. The molecule has 1 aliphatic heterocycles. The third kappa shape index (κ3) is 9.69. The van der Waals surface area contributed by atoms with E-state index in [9.17, 15) is 29.1 Å². The molecule has 1 aliphatic rings. The summed E-state index contributed by atoms with van der Waals surface area (Å²) in [4.78, 5) is 66.4. The molecule has 0 radical (unpaired) electrons. The standard InChI is InChI=1S/C24H36N8O6/c25-17(13-15-5-7-16(34)8-6-15)21(36)31-18(3-1-9-29-24(26)27)22(37)30-14-20(35)32-11-2-4-19(32)23(38)28-10-12-33/h5-8,12,17-19,34H,1-4,9-11,13-14,25H2,(H,28,38)(H,30,37)(H,31,36)(H4,26,27,29)/t17-,18-,19-/m0/s1. The van der Waals surface area contributed by atoms with Crippen molar-refractivity contribution < 1.29 is 29.1 Å². The maximum Gasteiger partial charge on any atom is 0.243 e. The van der Waals surface area contributed by atoms with Crippen LogP contribution in [0.3, 0.4) is 0 Å². The summed E-state index contributed by atoms with van der Waals surface area (Å²) < 4.78 is 0. The number of nitrogens with zero attached hydrogens (tertiary/aromatic N) is 2. The monoisotopic (exact) mass is 532 g/mol. The number of carbonyl (C=O) groups excluding carboxylic acids is 5. The number of benzene rings is 1. The van der Waals surface area contributed by atoms with Crippen molar-refractivity contribution in [2.24, 2.45) is 22.2 Å². The highest BCUT2D eigenvalue weighted by Gasteiger charge is 2.34. The number of nitrogens with two attached hydrogens (primary N) is 3. The number of phenols is 1. The van der Waals surface area contributed by atoms with E-state index in [1.807, 2.05) is 0 Å². The Labute approximate surface area is 220 Å². The molecule has 0 spiro atoms. The lowest BCUT2D eigenvalue weighted by Gasteiger charge is -2.25. The minimum absolute atomic E-state index is 0.0840. The molecular weight excluding hydrogens is 496 g/mol. The summed E-state index contributed by atoms with van der Waals surface area (Å²) in [6, 6.07) is 3.54. The number of aldehydes is 1. The lowest BCUT2D eigenvalue weighted by Crippen LogP contribution is -2.54. The van der Waals surface area contributed by atoms with Crippen LogP contribution in [0, 0.1) is 0 Å². The number of rotatable bonds is 14. The average Bonchev–Trinajstić information content (AvgIpc) is 3.38. The molecule has 2 rings (SSSR count). The van der Waals surface area contributed by atoms with Gasteiger partial charge in [-0.3, -0.25) is 24.2 Å². The number of guanidine groups is 1. The van der Waals surface area contributed by atoms with Crippen molar-refractivity contribution in [3.05, 3.63) is 29.8 Å². The molecule has 1 fully saturated rings. The molecule has 14 nitrogen and oxygen atoms in total. The summed E-state index contributed by atoms with van der Waals surface area (Å²) >= 11 is 0. The van der Waals surface area contributed by atoms with Crippen molar-refractivity contribution in [1.29, 1.82) is 0 Å². The van der Waals surface area contributed by atoms with Gasteiger partial charge < -0.3 is 48.0 Å². The van der Waals surface area contributed by atoms with Crippen LogP contribution in [-0.4, -0.2) is 90.2 Å². The van der Waals surface area contributed by atoms with Gasteiger partial charge in [-0.2, -0.15) is 0 Å². The molecule has 208 valence electrons. The van der Waals surface area contributed by atoms with Crippen LogP contribution < -0.4 is 33.2 Å². The van der Waals surface area contributed by atoms with Crippen LogP contribution >= 0.6 is 0 Å². The zero-order valence-corrected chi connectivity index (χ0v) is 21.1. The van der Waals surface area contributed by atoms with Gasteiger partial charge in [-0.25, -0.2) is 0 Å². The van der Waals surface area contributed by atoms with Crippen LogP contribution in [0.25, 0.3) is 0 Å². The number of aromatic hydroxyl groups is 1. The minimum atomic E-state index is -1.01. The van der Waals surface area contributed by atoms with Gasteiger partial charge in [0.25, 0.3) is 0 Å². The van der Waals surface area contributed by atoms with Crippen molar-refractivity contribution in [3.8, 4) is 5.75 Å². The third-order valence-electron chi connectivity index (χ3n) is 5.96. The Morgan fingerprint density at radius 2 is 1.84 bits per heavy atom. The van der Waals surface area contributed by atoms with Gasteiger partial charge in [0.1, 0.15) is 24.1 Å². The Morgan fingerprint density at radius 3 is 2.50 bits per heavy atom. The summed E-state index contributed by atoms with van der Waals surface area (Å²) in [6.07, 6.45) is 2.33. The number of phenolic OH excluding ortho intramolecular Hbond substituents is 1. The average molecular weight is 533 g/mol. The quantitative estimate of drug-likeness (QED) is 0.0567. The van der Waals surface area contributed by atoms with Crippen LogP contribution in [0.5, 0.6) is 5.75 Å². The first kappa shape index (κ1) is 30.0. The molecule has 38 heavy (non-hydrogen) atoms. The van der Waals surface area contributed by atoms with Crippen LogP contribution in [0.15, 0.2) is 29.3 Å². The van der Waals surface area contributed by atoms with Gasteiger partial charge in [-0.05, 0) is 49.8 Å². The first-order valence-corrected chi connectivity index (χ1v) is 12.3. The second-order valence-corrected chi connectivity index (χ2v) is 8.86. The van der Waals surface area contributed by atoms with Gasteiger partial charge in [-0.15, -0.1) is 0 Å². The van der Waals surface area contributed by atoms with E-state index in [0.29, 0.717) is 32.1 Å². The van der Waals surface area contributed by atoms with E-state index in [0.717, 1.165) is 5.56 Å². The molecule has 0 aliphatic carbocycles. The molecule has 1 saturated heterocycles. The van der Waals surface area contributed by atoms with Crippen molar-refractivity contribution >= 4 is 35.9 Å². The van der Waals surface area contributed by atoms with Crippen LogP contribution in [0.1, 0.15) is 31.2 Å². The normalized spacial score (nSPS) is 16.1. The zero-order chi connectivity index (χ0) is 28.1. The number of likely N-dealkylation sites (tertiary alicyclic amines) is 1. The Bertz CT molecular complexity index is 1010.